The number of carbonyl (C=O) groups excluding carboxylic acids is 1. The van der Waals surface area contributed by atoms with E-state index in [1.54, 1.807) is 17.4 Å². The number of aliphatic hydroxyl groups is 1. The van der Waals surface area contributed by atoms with Gasteiger partial charge in [0.25, 0.3) is 5.91 Å². The fraction of sp³-hybridized carbons (Fsp3) is 0.190. The molecule has 1 aromatic heterocycles. The Morgan fingerprint density at radius 2 is 1.93 bits per heavy atom. The third-order valence-corrected chi connectivity index (χ3v) is 6.04. The Labute approximate surface area is 171 Å². The summed E-state index contributed by atoms with van der Waals surface area (Å²) in [6.45, 7) is 2.80. The van der Waals surface area contributed by atoms with Gasteiger partial charge in [0, 0.05) is 44.1 Å². The molecule has 0 fully saturated rings. The summed E-state index contributed by atoms with van der Waals surface area (Å²) in [4.78, 5) is 14.6. The standard InChI is InChI=1S/C21H21BrN2O2S/c1-14-16(21(26)23-11-12-25)6-4-8-19(14)24-13-15-9-10-20(27-15)17-5-2-3-7-18(17)22/h2-10,24-25H,11-13H2,1H3,(H,23,26). The maximum absolute atomic E-state index is 12.2. The Morgan fingerprint density at radius 1 is 1.11 bits per heavy atom. The molecule has 3 N–H and O–H groups in total. The van der Waals surface area contributed by atoms with Crippen molar-refractivity contribution in [2.75, 3.05) is 18.5 Å². The monoisotopic (exact) mass is 444 g/mol. The highest BCUT2D eigenvalue weighted by atomic mass is 79.9. The van der Waals surface area contributed by atoms with Crippen LogP contribution in [0.4, 0.5) is 5.69 Å². The van der Waals surface area contributed by atoms with Gasteiger partial charge in [-0.1, -0.05) is 40.2 Å². The Hall–Kier alpha value is -2.15. The number of halogens is 1. The predicted molar refractivity (Wildman–Crippen MR) is 115 cm³/mol. The first-order valence-corrected chi connectivity index (χ1v) is 10.3. The minimum atomic E-state index is -0.169. The number of anilines is 1. The number of nitrogens with one attached hydrogen (secondary N) is 2. The summed E-state index contributed by atoms with van der Waals surface area (Å²) in [5, 5.41) is 15.0. The molecule has 2 aromatic carbocycles. The van der Waals surface area contributed by atoms with E-state index in [0.29, 0.717) is 12.1 Å². The van der Waals surface area contributed by atoms with Gasteiger partial charge in [-0.3, -0.25) is 4.79 Å². The predicted octanol–water partition coefficient (Wildman–Crippen LogP) is 4.82. The lowest BCUT2D eigenvalue weighted by molar-refractivity contribution is 0.0944. The third kappa shape index (κ3) is 4.77. The molecule has 3 rings (SSSR count). The van der Waals surface area contributed by atoms with Crippen molar-refractivity contribution in [3.05, 3.63) is 75.1 Å². The van der Waals surface area contributed by atoms with Crippen LogP contribution in [0.15, 0.2) is 59.1 Å². The van der Waals surface area contributed by atoms with Crippen molar-refractivity contribution in [2.45, 2.75) is 13.5 Å². The van der Waals surface area contributed by atoms with E-state index >= 15 is 0 Å². The molecule has 1 heterocycles. The number of thiophene rings is 1. The van der Waals surface area contributed by atoms with Gasteiger partial charge in [-0.2, -0.15) is 0 Å². The average Bonchev–Trinajstić information content (AvgIpc) is 3.14. The topological polar surface area (TPSA) is 61.4 Å². The Bertz CT molecular complexity index is 939. The summed E-state index contributed by atoms with van der Waals surface area (Å²) < 4.78 is 1.09. The minimum Gasteiger partial charge on any atom is -0.395 e. The van der Waals surface area contributed by atoms with Crippen LogP contribution in [0, 0.1) is 6.92 Å². The van der Waals surface area contributed by atoms with E-state index in [1.807, 2.05) is 37.3 Å². The van der Waals surface area contributed by atoms with Gasteiger partial charge in [-0.15, -0.1) is 11.3 Å². The van der Waals surface area contributed by atoms with Crippen LogP contribution in [0.25, 0.3) is 10.4 Å². The van der Waals surface area contributed by atoms with Crippen LogP contribution in [-0.4, -0.2) is 24.2 Å². The van der Waals surface area contributed by atoms with Crippen molar-refractivity contribution < 1.29 is 9.90 Å². The summed E-state index contributed by atoms with van der Waals surface area (Å²) in [7, 11) is 0. The number of benzene rings is 2. The molecular weight excluding hydrogens is 424 g/mol. The van der Waals surface area contributed by atoms with E-state index in [-0.39, 0.29) is 19.1 Å². The molecular formula is C21H21BrN2O2S. The molecule has 0 aliphatic carbocycles. The van der Waals surface area contributed by atoms with E-state index in [0.717, 1.165) is 15.7 Å². The van der Waals surface area contributed by atoms with Crippen molar-refractivity contribution >= 4 is 38.9 Å². The molecule has 0 saturated carbocycles. The largest absolute Gasteiger partial charge is 0.395 e. The van der Waals surface area contributed by atoms with Crippen LogP contribution in [-0.2, 0) is 6.54 Å². The van der Waals surface area contributed by atoms with E-state index in [1.165, 1.54) is 15.3 Å². The molecule has 0 atom stereocenters. The lowest BCUT2D eigenvalue weighted by Crippen LogP contribution is -2.27. The van der Waals surface area contributed by atoms with Gasteiger partial charge < -0.3 is 15.7 Å². The fourth-order valence-corrected chi connectivity index (χ4v) is 4.42. The van der Waals surface area contributed by atoms with Gasteiger partial charge >= 0.3 is 0 Å². The number of hydrogen-bond acceptors (Lipinski definition) is 4. The van der Waals surface area contributed by atoms with Crippen LogP contribution < -0.4 is 10.6 Å². The van der Waals surface area contributed by atoms with Crippen LogP contribution in [0.1, 0.15) is 20.8 Å². The summed E-state index contributed by atoms with van der Waals surface area (Å²) in [6.07, 6.45) is 0. The first kappa shape index (κ1) is 19.6. The molecule has 6 heteroatoms. The second-order valence-electron chi connectivity index (χ2n) is 6.06. The van der Waals surface area contributed by atoms with Crippen molar-refractivity contribution in [2.24, 2.45) is 0 Å². The maximum atomic E-state index is 12.2. The molecule has 0 radical (unpaired) electrons. The van der Waals surface area contributed by atoms with Gasteiger partial charge in [0.1, 0.15) is 0 Å². The molecule has 0 aliphatic rings. The smallest absolute Gasteiger partial charge is 0.251 e. The van der Waals surface area contributed by atoms with Crippen LogP contribution >= 0.6 is 27.3 Å². The highest BCUT2D eigenvalue weighted by Crippen LogP contribution is 2.33. The van der Waals surface area contributed by atoms with E-state index < -0.39 is 0 Å². The van der Waals surface area contributed by atoms with Crippen LogP contribution in [0.5, 0.6) is 0 Å². The van der Waals surface area contributed by atoms with Crippen molar-refractivity contribution in [1.29, 1.82) is 0 Å². The second-order valence-corrected chi connectivity index (χ2v) is 8.08. The molecule has 0 aliphatic heterocycles. The number of amides is 1. The van der Waals surface area contributed by atoms with Crippen LogP contribution in [0.2, 0.25) is 0 Å². The number of hydrogen-bond donors (Lipinski definition) is 3. The SMILES string of the molecule is Cc1c(NCc2ccc(-c3ccccc3Br)s2)cccc1C(=O)NCCO. The zero-order valence-corrected chi connectivity index (χ0v) is 17.4. The first-order chi connectivity index (χ1) is 13.1. The van der Waals surface area contributed by atoms with Crippen LogP contribution in [0.3, 0.4) is 0 Å². The number of aliphatic hydroxyl groups excluding tert-OH is 1. The zero-order valence-electron chi connectivity index (χ0n) is 15.0. The zero-order chi connectivity index (χ0) is 19.2. The van der Waals surface area contributed by atoms with Crippen molar-refractivity contribution in [3.8, 4) is 10.4 Å². The lowest BCUT2D eigenvalue weighted by atomic mass is 10.1. The number of rotatable bonds is 7. The van der Waals surface area contributed by atoms with Gasteiger partial charge in [0.05, 0.1) is 6.61 Å². The van der Waals surface area contributed by atoms with Crippen molar-refractivity contribution in [1.82, 2.24) is 5.32 Å². The lowest BCUT2D eigenvalue weighted by Gasteiger charge is -2.12. The summed E-state index contributed by atoms with van der Waals surface area (Å²) >= 11 is 5.35. The van der Waals surface area contributed by atoms with Gasteiger partial charge in [0.15, 0.2) is 0 Å². The molecule has 3 aromatic rings. The Morgan fingerprint density at radius 3 is 2.70 bits per heavy atom. The fourth-order valence-electron chi connectivity index (χ4n) is 2.80. The summed E-state index contributed by atoms with van der Waals surface area (Å²) in [5.74, 6) is -0.169. The normalized spacial score (nSPS) is 10.6. The molecule has 0 bridgehead atoms. The van der Waals surface area contributed by atoms with Gasteiger partial charge in [-0.25, -0.2) is 0 Å². The summed E-state index contributed by atoms with van der Waals surface area (Å²) in [6, 6.07) is 18.1. The van der Waals surface area contributed by atoms with E-state index in [9.17, 15) is 4.79 Å². The molecule has 0 unspecified atom stereocenters. The van der Waals surface area contributed by atoms with Crippen molar-refractivity contribution in [3.63, 3.8) is 0 Å². The van der Waals surface area contributed by atoms with E-state index in [2.05, 4.69) is 44.8 Å². The highest BCUT2D eigenvalue weighted by molar-refractivity contribution is 9.10. The highest BCUT2D eigenvalue weighted by Gasteiger charge is 2.12. The molecule has 0 spiro atoms. The molecule has 27 heavy (non-hydrogen) atoms. The summed E-state index contributed by atoms with van der Waals surface area (Å²) in [5.41, 5.74) is 3.64. The Kier molecular flexibility index (Phi) is 6.66. The number of carbonyl (C=O) groups is 1. The van der Waals surface area contributed by atoms with Gasteiger partial charge in [0.2, 0.25) is 0 Å². The molecule has 1 amide bonds. The first-order valence-electron chi connectivity index (χ1n) is 8.66. The quantitative estimate of drug-likeness (QED) is 0.489. The Balaban J connectivity index is 1.71. The molecule has 0 saturated heterocycles. The minimum absolute atomic E-state index is 0.0685. The van der Waals surface area contributed by atoms with Gasteiger partial charge in [-0.05, 0) is 42.8 Å². The maximum Gasteiger partial charge on any atom is 0.251 e. The third-order valence-electron chi connectivity index (χ3n) is 4.23. The molecule has 140 valence electrons. The van der Waals surface area contributed by atoms with E-state index in [4.69, 9.17) is 5.11 Å². The molecule has 4 nitrogen and oxygen atoms in total. The second kappa shape index (κ2) is 9.17. The average molecular weight is 445 g/mol.